The summed E-state index contributed by atoms with van der Waals surface area (Å²) in [7, 11) is 0. The molecule has 1 N–H and O–H groups in total. The highest BCUT2D eigenvalue weighted by Crippen LogP contribution is 2.28. The molecule has 5 heteroatoms. The Balaban J connectivity index is 2.38. The Kier molecular flexibility index (Phi) is 2.82. The summed E-state index contributed by atoms with van der Waals surface area (Å²) in [6.07, 6.45) is 0.626. The van der Waals surface area contributed by atoms with Crippen molar-refractivity contribution in [3.05, 3.63) is 18.2 Å². The summed E-state index contributed by atoms with van der Waals surface area (Å²) in [5.74, 6) is 0.825. The van der Waals surface area contributed by atoms with Crippen LogP contribution in [0.1, 0.15) is 6.92 Å². The number of thiazole rings is 1. The molecule has 15 heavy (non-hydrogen) atoms. The highest BCUT2D eigenvalue weighted by atomic mass is 32.1. The minimum absolute atomic E-state index is 0.605. The van der Waals surface area contributed by atoms with Crippen LogP contribution in [0.3, 0.4) is 0 Å². The topological polar surface area (TPSA) is 51.2 Å². The van der Waals surface area contributed by atoms with Gasteiger partial charge in [-0.1, -0.05) is 11.3 Å². The van der Waals surface area contributed by atoms with Gasteiger partial charge in [-0.25, -0.2) is 4.98 Å². The number of hydrogen-bond donors (Lipinski definition) is 1. The average Bonchev–Trinajstić information content (AvgIpc) is 2.60. The van der Waals surface area contributed by atoms with Gasteiger partial charge in [-0.2, -0.15) is 0 Å². The molecule has 0 saturated carbocycles. The van der Waals surface area contributed by atoms with E-state index < -0.39 is 0 Å². The van der Waals surface area contributed by atoms with Gasteiger partial charge in [0.05, 0.1) is 16.8 Å². The smallest absolute Gasteiger partial charge is 0.213 e. The van der Waals surface area contributed by atoms with E-state index in [1.54, 1.807) is 0 Å². The van der Waals surface area contributed by atoms with Gasteiger partial charge < -0.3 is 10.1 Å². The first kappa shape index (κ1) is 9.92. The highest BCUT2D eigenvalue weighted by molar-refractivity contribution is 7.22. The summed E-state index contributed by atoms with van der Waals surface area (Å²) in [6.45, 7) is 2.58. The molecule has 0 aliphatic heterocycles. The number of benzene rings is 1. The molecule has 2 rings (SSSR count). The zero-order valence-corrected chi connectivity index (χ0v) is 9.00. The van der Waals surface area contributed by atoms with E-state index in [0.29, 0.717) is 18.1 Å². The summed E-state index contributed by atoms with van der Waals surface area (Å²) in [4.78, 5) is 14.5. The molecule has 0 atom stereocenters. The molecule has 1 heterocycles. The van der Waals surface area contributed by atoms with E-state index in [2.05, 4.69) is 10.3 Å². The minimum atomic E-state index is 0.605. The first-order chi connectivity index (χ1) is 7.33. The van der Waals surface area contributed by atoms with E-state index in [1.807, 2.05) is 25.1 Å². The van der Waals surface area contributed by atoms with Crippen molar-refractivity contribution in [1.29, 1.82) is 0 Å². The third-order valence-electron chi connectivity index (χ3n) is 1.85. The molecular formula is C10H10N2O2S. The van der Waals surface area contributed by atoms with Crippen molar-refractivity contribution >= 4 is 33.1 Å². The number of ether oxygens (including phenoxy) is 1. The number of rotatable bonds is 4. The molecule has 0 unspecified atom stereocenters. The van der Waals surface area contributed by atoms with Gasteiger partial charge >= 0.3 is 0 Å². The van der Waals surface area contributed by atoms with Gasteiger partial charge in [0.2, 0.25) is 6.41 Å². The Morgan fingerprint density at radius 3 is 3.20 bits per heavy atom. The van der Waals surface area contributed by atoms with Gasteiger partial charge in [0, 0.05) is 0 Å². The first-order valence-corrected chi connectivity index (χ1v) is 5.38. The van der Waals surface area contributed by atoms with Gasteiger partial charge in [0.25, 0.3) is 0 Å². The second kappa shape index (κ2) is 4.27. The normalized spacial score (nSPS) is 10.2. The largest absolute Gasteiger partial charge is 0.494 e. The standard InChI is InChI=1S/C10H10N2O2S/c1-2-14-7-3-4-8-9(5-7)15-10(12-8)11-6-13/h3-6H,2H2,1H3,(H,11,12,13). The van der Waals surface area contributed by atoms with E-state index in [1.165, 1.54) is 11.3 Å². The number of fused-ring (bicyclic) bond motifs is 1. The fourth-order valence-corrected chi connectivity index (χ4v) is 2.13. The summed E-state index contributed by atoms with van der Waals surface area (Å²) >= 11 is 1.43. The molecule has 0 bridgehead atoms. The predicted molar refractivity (Wildman–Crippen MR) is 60.5 cm³/mol. The van der Waals surface area contributed by atoms with Gasteiger partial charge in [0.1, 0.15) is 5.75 Å². The lowest BCUT2D eigenvalue weighted by Crippen LogP contribution is -1.91. The van der Waals surface area contributed by atoms with Gasteiger partial charge in [-0.3, -0.25) is 4.79 Å². The van der Waals surface area contributed by atoms with Crippen LogP contribution in [0.15, 0.2) is 18.2 Å². The lowest BCUT2D eigenvalue weighted by molar-refractivity contribution is -0.105. The minimum Gasteiger partial charge on any atom is -0.494 e. The zero-order valence-electron chi connectivity index (χ0n) is 8.19. The molecular weight excluding hydrogens is 212 g/mol. The molecule has 0 saturated heterocycles. The van der Waals surface area contributed by atoms with E-state index >= 15 is 0 Å². The van der Waals surface area contributed by atoms with Crippen LogP contribution in [0.5, 0.6) is 5.75 Å². The summed E-state index contributed by atoms with van der Waals surface area (Å²) in [5, 5.41) is 3.14. The number of nitrogens with zero attached hydrogens (tertiary/aromatic N) is 1. The number of carbonyl (C=O) groups is 1. The summed E-state index contributed by atoms with van der Waals surface area (Å²) < 4.78 is 6.38. The van der Waals surface area contributed by atoms with E-state index in [-0.39, 0.29) is 0 Å². The lowest BCUT2D eigenvalue weighted by Gasteiger charge is -2.00. The van der Waals surface area contributed by atoms with Crippen molar-refractivity contribution in [2.24, 2.45) is 0 Å². The van der Waals surface area contributed by atoms with E-state index in [4.69, 9.17) is 4.74 Å². The third-order valence-corrected chi connectivity index (χ3v) is 2.80. The lowest BCUT2D eigenvalue weighted by atomic mass is 10.3. The van der Waals surface area contributed by atoms with E-state index in [9.17, 15) is 4.79 Å². The van der Waals surface area contributed by atoms with Crippen LogP contribution in [0.4, 0.5) is 5.13 Å². The number of aromatic nitrogens is 1. The predicted octanol–water partition coefficient (Wildman–Crippen LogP) is 2.26. The Labute approximate surface area is 90.9 Å². The quantitative estimate of drug-likeness (QED) is 0.807. The first-order valence-electron chi connectivity index (χ1n) is 4.57. The van der Waals surface area contributed by atoms with Crippen LogP contribution in [-0.4, -0.2) is 18.0 Å². The van der Waals surface area contributed by atoms with Crippen LogP contribution in [0.2, 0.25) is 0 Å². The molecule has 4 nitrogen and oxygen atoms in total. The number of amides is 1. The van der Waals surface area contributed by atoms with Crippen LogP contribution in [0.25, 0.3) is 10.2 Å². The Morgan fingerprint density at radius 1 is 1.60 bits per heavy atom. The Morgan fingerprint density at radius 2 is 2.47 bits per heavy atom. The maximum Gasteiger partial charge on any atom is 0.213 e. The van der Waals surface area contributed by atoms with Crippen molar-refractivity contribution in [3.63, 3.8) is 0 Å². The van der Waals surface area contributed by atoms with Crippen molar-refractivity contribution in [2.75, 3.05) is 11.9 Å². The highest BCUT2D eigenvalue weighted by Gasteiger charge is 2.03. The number of nitrogens with one attached hydrogen (secondary N) is 1. The SMILES string of the molecule is CCOc1ccc2nc(NC=O)sc2c1. The number of carbonyl (C=O) groups excluding carboxylic acids is 1. The molecule has 2 aromatic rings. The van der Waals surface area contributed by atoms with Crippen LogP contribution in [-0.2, 0) is 4.79 Å². The van der Waals surface area contributed by atoms with Crippen LogP contribution >= 0.6 is 11.3 Å². The van der Waals surface area contributed by atoms with Crippen molar-refractivity contribution < 1.29 is 9.53 Å². The molecule has 0 aliphatic carbocycles. The third kappa shape index (κ3) is 2.07. The van der Waals surface area contributed by atoms with Crippen LogP contribution in [0, 0.1) is 0 Å². The molecule has 1 aromatic carbocycles. The number of hydrogen-bond acceptors (Lipinski definition) is 4. The second-order valence-electron chi connectivity index (χ2n) is 2.84. The molecule has 0 radical (unpaired) electrons. The monoisotopic (exact) mass is 222 g/mol. The number of anilines is 1. The molecule has 78 valence electrons. The summed E-state index contributed by atoms with van der Waals surface area (Å²) in [5.41, 5.74) is 0.868. The molecule has 0 aliphatic rings. The van der Waals surface area contributed by atoms with Crippen molar-refractivity contribution in [1.82, 2.24) is 4.98 Å². The Bertz CT molecular complexity index is 481. The molecule has 1 aromatic heterocycles. The molecule has 1 amide bonds. The molecule has 0 spiro atoms. The van der Waals surface area contributed by atoms with Gasteiger partial charge in [-0.15, -0.1) is 0 Å². The fourth-order valence-electron chi connectivity index (χ4n) is 1.27. The van der Waals surface area contributed by atoms with Gasteiger partial charge in [-0.05, 0) is 25.1 Å². The average molecular weight is 222 g/mol. The maximum atomic E-state index is 10.3. The molecule has 0 fully saturated rings. The fraction of sp³-hybridized carbons (Fsp3) is 0.200. The van der Waals surface area contributed by atoms with Gasteiger partial charge in [0.15, 0.2) is 5.13 Å². The maximum absolute atomic E-state index is 10.3. The Hall–Kier alpha value is -1.62. The van der Waals surface area contributed by atoms with Crippen molar-refractivity contribution in [2.45, 2.75) is 6.92 Å². The van der Waals surface area contributed by atoms with Crippen LogP contribution < -0.4 is 10.1 Å². The second-order valence-corrected chi connectivity index (χ2v) is 3.87. The van der Waals surface area contributed by atoms with E-state index in [0.717, 1.165) is 16.0 Å². The van der Waals surface area contributed by atoms with Crippen molar-refractivity contribution in [3.8, 4) is 5.75 Å². The zero-order chi connectivity index (χ0) is 10.7. The summed E-state index contributed by atoms with van der Waals surface area (Å²) in [6, 6.07) is 5.68.